The SMILES string of the molecule is COc1cc(F)ccc1C(C=O)C(C)C. The van der Waals surface area contributed by atoms with Gasteiger partial charge in [-0.15, -0.1) is 0 Å². The molecule has 0 radical (unpaired) electrons. The van der Waals surface area contributed by atoms with E-state index < -0.39 is 0 Å². The van der Waals surface area contributed by atoms with E-state index in [2.05, 4.69) is 0 Å². The van der Waals surface area contributed by atoms with Gasteiger partial charge in [0.25, 0.3) is 0 Å². The van der Waals surface area contributed by atoms with Crippen LogP contribution in [0.1, 0.15) is 25.3 Å². The van der Waals surface area contributed by atoms with Crippen molar-refractivity contribution in [2.45, 2.75) is 19.8 Å². The Morgan fingerprint density at radius 2 is 2.07 bits per heavy atom. The van der Waals surface area contributed by atoms with Crippen LogP contribution >= 0.6 is 0 Å². The summed E-state index contributed by atoms with van der Waals surface area (Å²) in [6, 6.07) is 4.25. The van der Waals surface area contributed by atoms with E-state index in [0.717, 1.165) is 11.8 Å². The third-order valence-electron chi connectivity index (χ3n) is 2.42. The monoisotopic (exact) mass is 210 g/mol. The molecule has 0 bridgehead atoms. The molecule has 0 N–H and O–H groups in total. The second-order valence-electron chi connectivity index (χ2n) is 3.79. The molecular formula is C12H15FO2. The van der Waals surface area contributed by atoms with Crippen molar-refractivity contribution in [3.05, 3.63) is 29.6 Å². The zero-order chi connectivity index (χ0) is 11.4. The molecule has 0 fully saturated rings. The van der Waals surface area contributed by atoms with Gasteiger partial charge < -0.3 is 9.53 Å². The first-order valence-corrected chi connectivity index (χ1v) is 4.89. The van der Waals surface area contributed by atoms with Crippen LogP contribution < -0.4 is 4.74 Å². The Hall–Kier alpha value is -1.38. The van der Waals surface area contributed by atoms with Crippen LogP contribution in [-0.4, -0.2) is 13.4 Å². The van der Waals surface area contributed by atoms with E-state index in [1.165, 1.54) is 19.2 Å². The van der Waals surface area contributed by atoms with Gasteiger partial charge in [0.2, 0.25) is 0 Å². The van der Waals surface area contributed by atoms with Gasteiger partial charge in [0.1, 0.15) is 17.9 Å². The molecule has 3 heteroatoms. The highest BCUT2D eigenvalue weighted by molar-refractivity contribution is 5.64. The van der Waals surface area contributed by atoms with E-state index in [-0.39, 0.29) is 17.7 Å². The minimum absolute atomic E-state index is 0.168. The first-order valence-electron chi connectivity index (χ1n) is 4.89. The zero-order valence-electron chi connectivity index (χ0n) is 9.16. The molecule has 1 aromatic carbocycles. The van der Waals surface area contributed by atoms with Gasteiger partial charge in [-0.05, 0) is 12.0 Å². The van der Waals surface area contributed by atoms with E-state index in [4.69, 9.17) is 4.74 Å². The van der Waals surface area contributed by atoms with Crippen LogP contribution in [0.15, 0.2) is 18.2 Å². The van der Waals surface area contributed by atoms with E-state index in [1.807, 2.05) is 13.8 Å². The highest BCUT2D eigenvalue weighted by Crippen LogP contribution is 2.30. The van der Waals surface area contributed by atoms with Crippen molar-refractivity contribution in [3.63, 3.8) is 0 Å². The molecule has 1 atom stereocenters. The highest BCUT2D eigenvalue weighted by atomic mass is 19.1. The van der Waals surface area contributed by atoms with Gasteiger partial charge >= 0.3 is 0 Å². The topological polar surface area (TPSA) is 26.3 Å². The summed E-state index contributed by atoms with van der Waals surface area (Å²) in [6.45, 7) is 3.89. The molecule has 15 heavy (non-hydrogen) atoms. The first-order chi connectivity index (χ1) is 7.10. The quantitative estimate of drug-likeness (QED) is 0.714. The van der Waals surface area contributed by atoms with Crippen molar-refractivity contribution >= 4 is 6.29 Å². The minimum Gasteiger partial charge on any atom is -0.496 e. The fraction of sp³-hybridized carbons (Fsp3) is 0.417. The van der Waals surface area contributed by atoms with Crippen molar-refractivity contribution in [3.8, 4) is 5.75 Å². The predicted octanol–water partition coefficient (Wildman–Crippen LogP) is 2.77. The Balaban J connectivity index is 3.16. The van der Waals surface area contributed by atoms with Crippen molar-refractivity contribution in [2.75, 3.05) is 7.11 Å². The molecule has 0 aliphatic rings. The number of halogens is 1. The van der Waals surface area contributed by atoms with Gasteiger partial charge in [0.15, 0.2) is 0 Å². The maximum absolute atomic E-state index is 12.9. The number of benzene rings is 1. The van der Waals surface area contributed by atoms with Crippen molar-refractivity contribution in [1.82, 2.24) is 0 Å². The number of hydrogen-bond donors (Lipinski definition) is 0. The Kier molecular flexibility index (Phi) is 3.83. The van der Waals surface area contributed by atoms with Crippen LogP contribution in [0.4, 0.5) is 4.39 Å². The average molecular weight is 210 g/mol. The summed E-state index contributed by atoms with van der Waals surface area (Å²) in [4.78, 5) is 11.0. The Morgan fingerprint density at radius 3 is 2.53 bits per heavy atom. The number of rotatable bonds is 4. The second-order valence-corrected chi connectivity index (χ2v) is 3.79. The van der Waals surface area contributed by atoms with E-state index in [1.54, 1.807) is 6.07 Å². The summed E-state index contributed by atoms with van der Waals surface area (Å²) in [6.07, 6.45) is 0.875. The molecule has 1 aromatic rings. The van der Waals surface area contributed by atoms with E-state index >= 15 is 0 Å². The summed E-state index contributed by atoms with van der Waals surface area (Å²) >= 11 is 0. The molecule has 0 aromatic heterocycles. The number of carbonyl (C=O) groups excluding carboxylic acids is 1. The molecule has 0 heterocycles. The van der Waals surface area contributed by atoms with Crippen LogP contribution in [0.2, 0.25) is 0 Å². The number of hydrogen-bond acceptors (Lipinski definition) is 2. The van der Waals surface area contributed by atoms with Gasteiger partial charge in [-0.1, -0.05) is 19.9 Å². The fourth-order valence-electron chi connectivity index (χ4n) is 1.55. The van der Waals surface area contributed by atoms with Crippen LogP contribution in [0, 0.1) is 11.7 Å². The van der Waals surface area contributed by atoms with Crippen LogP contribution in [0.5, 0.6) is 5.75 Å². The molecule has 0 aliphatic carbocycles. The molecule has 0 saturated carbocycles. The van der Waals surface area contributed by atoms with Gasteiger partial charge in [-0.25, -0.2) is 4.39 Å². The molecule has 2 nitrogen and oxygen atoms in total. The summed E-state index contributed by atoms with van der Waals surface area (Å²) in [5, 5.41) is 0. The third kappa shape index (κ3) is 2.55. The average Bonchev–Trinajstić information content (AvgIpc) is 2.20. The molecule has 0 aliphatic heterocycles. The summed E-state index contributed by atoms with van der Waals surface area (Å²) < 4.78 is 18.0. The largest absolute Gasteiger partial charge is 0.496 e. The maximum atomic E-state index is 12.9. The lowest BCUT2D eigenvalue weighted by Gasteiger charge is -2.17. The zero-order valence-corrected chi connectivity index (χ0v) is 9.16. The Bertz CT molecular complexity index is 347. The highest BCUT2D eigenvalue weighted by Gasteiger charge is 2.19. The number of aldehydes is 1. The molecule has 0 saturated heterocycles. The van der Waals surface area contributed by atoms with Crippen LogP contribution in [-0.2, 0) is 4.79 Å². The molecular weight excluding hydrogens is 195 g/mol. The number of ether oxygens (including phenoxy) is 1. The molecule has 0 amide bonds. The van der Waals surface area contributed by atoms with E-state index in [0.29, 0.717) is 5.75 Å². The van der Waals surface area contributed by atoms with Crippen molar-refractivity contribution in [1.29, 1.82) is 0 Å². The van der Waals surface area contributed by atoms with Crippen molar-refractivity contribution in [2.24, 2.45) is 5.92 Å². The van der Waals surface area contributed by atoms with E-state index in [9.17, 15) is 9.18 Å². The van der Waals surface area contributed by atoms with Gasteiger partial charge in [0, 0.05) is 17.5 Å². The summed E-state index contributed by atoms with van der Waals surface area (Å²) in [7, 11) is 1.47. The molecule has 0 spiro atoms. The van der Waals surface area contributed by atoms with Gasteiger partial charge in [-0.2, -0.15) is 0 Å². The second kappa shape index (κ2) is 4.91. The standard InChI is InChI=1S/C12H15FO2/c1-8(2)11(7-14)10-5-4-9(13)6-12(10)15-3/h4-8,11H,1-3H3. The van der Waals surface area contributed by atoms with Crippen molar-refractivity contribution < 1.29 is 13.9 Å². The first kappa shape index (κ1) is 11.7. The number of methoxy groups -OCH3 is 1. The minimum atomic E-state index is -0.357. The van der Waals surface area contributed by atoms with Gasteiger partial charge in [-0.3, -0.25) is 0 Å². The molecule has 82 valence electrons. The third-order valence-corrected chi connectivity index (χ3v) is 2.42. The Morgan fingerprint density at radius 1 is 1.40 bits per heavy atom. The predicted molar refractivity (Wildman–Crippen MR) is 56.6 cm³/mol. The molecule has 1 unspecified atom stereocenters. The van der Waals surface area contributed by atoms with Gasteiger partial charge in [0.05, 0.1) is 7.11 Å². The molecule has 1 rings (SSSR count). The fourth-order valence-corrected chi connectivity index (χ4v) is 1.55. The summed E-state index contributed by atoms with van der Waals surface area (Å²) in [5.74, 6) is -0.00721. The Labute approximate surface area is 89.1 Å². The summed E-state index contributed by atoms with van der Waals surface area (Å²) in [5.41, 5.74) is 0.740. The van der Waals surface area contributed by atoms with Crippen LogP contribution in [0.3, 0.4) is 0 Å². The lowest BCUT2D eigenvalue weighted by molar-refractivity contribution is -0.109. The number of carbonyl (C=O) groups is 1. The lowest BCUT2D eigenvalue weighted by atomic mass is 9.89. The smallest absolute Gasteiger partial charge is 0.127 e. The maximum Gasteiger partial charge on any atom is 0.127 e. The lowest BCUT2D eigenvalue weighted by Crippen LogP contribution is -2.09. The van der Waals surface area contributed by atoms with Crippen LogP contribution in [0.25, 0.3) is 0 Å². The normalized spacial score (nSPS) is 12.6.